The van der Waals surface area contributed by atoms with Gasteiger partial charge < -0.3 is 10.7 Å². The van der Waals surface area contributed by atoms with Gasteiger partial charge in [0.15, 0.2) is 0 Å². The van der Waals surface area contributed by atoms with E-state index in [0.717, 1.165) is 12.2 Å². The molecule has 0 aromatic carbocycles. The van der Waals surface area contributed by atoms with E-state index in [1.165, 1.54) is 64.2 Å². The van der Waals surface area contributed by atoms with E-state index < -0.39 is 0 Å². The monoisotopic (exact) mass is 252 g/mol. The lowest BCUT2D eigenvalue weighted by atomic mass is 10.1. The van der Waals surface area contributed by atoms with Gasteiger partial charge in [-0.25, -0.2) is 0 Å². The molecular formula is C14H28N4. The molecule has 4 heteroatoms. The Morgan fingerprint density at radius 2 is 1.39 bits per heavy atom. The third-order valence-corrected chi connectivity index (χ3v) is 3.32. The number of aromatic amines is 1. The fourth-order valence-corrected chi connectivity index (χ4v) is 2.20. The van der Waals surface area contributed by atoms with E-state index in [2.05, 4.69) is 22.1 Å². The zero-order valence-corrected chi connectivity index (χ0v) is 11.7. The molecule has 0 amide bonds. The Morgan fingerprint density at radius 1 is 0.833 bits per heavy atom. The summed E-state index contributed by atoms with van der Waals surface area (Å²) in [6, 6.07) is 0. The average Bonchev–Trinajstić information content (AvgIpc) is 2.77. The first-order chi connectivity index (χ1) is 8.83. The lowest BCUT2D eigenvalue weighted by Gasteiger charge is -2.01. The molecule has 18 heavy (non-hydrogen) atoms. The van der Waals surface area contributed by atoms with Crippen molar-refractivity contribution in [3.05, 3.63) is 5.82 Å². The molecule has 0 aliphatic rings. The Labute approximate surface area is 111 Å². The van der Waals surface area contributed by atoms with Gasteiger partial charge in [0.1, 0.15) is 5.82 Å². The van der Waals surface area contributed by atoms with E-state index in [-0.39, 0.29) is 0 Å². The van der Waals surface area contributed by atoms with Crippen LogP contribution in [0.1, 0.15) is 77.0 Å². The summed E-state index contributed by atoms with van der Waals surface area (Å²) in [6.07, 6.45) is 14.6. The lowest BCUT2D eigenvalue weighted by molar-refractivity contribution is 0.554. The van der Waals surface area contributed by atoms with Crippen molar-refractivity contribution in [2.75, 3.05) is 5.73 Å². The molecule has 0 aliphatic carbocycles. The highest BCUT2D eigenvalue weighted by atomic mass is 15.3. The predicted octanol–water partition coefficient (Wildman–Crippen LogP) is 3.85. The Kier molecular flexibility index (Phi) is 8.26. The first kappa shape index (κ1) is 15.0. The molecule has 4 nitrogen and oxygen atoms in total. The minimum absolute atomic E-state index is 0.428. The predicted molar refractivity (Wildman–Crippen MR) is 76.3 cm³/mol. The third kappa shape index (κ3) is 7.30. The van der Waals surface area contributed by atoms with Crippen LogP contribution in [0.5, 0.6) is 0 Å². The van der Waals surface area contributed by atoms with Crippen molar-refractivity contribution in [3.8, 4) is 0 Å². The maximum Gasteiger partial charge on any atom is 0.219 e. The van der Waals surface area contributed by atoms with Gasteiger partial charge in [-0.05, 0) is 6.42 Å². The molecule has 1 aromatic heterocycles. The number of aryl methyl sites for hydroxylation is 1. The number of aromatic nitrogens is 3. The standard InChI is InChI=1S/C14H28N4/c1-2-3-4-5-6-7-8-9-10-11-12-13-16-14(15)18-17-13/h2-12H2,1H3,(H3,15,16,17,18). The number of nitrogen functional groups attached to an aromatic ring is 1. The second kappa shape index (κ2) is 9.92. The highest BCUT2D eigenvalue weighted by Crippen LogP contribution is 2.11. The number of nitrogens with zero attached hydrogens (tertiary/aromatic N) is 2. The fraction of sp³-hybridized carbons (Fsp3) is 0.857. The van der Waals surface area contributed by atoms with E-state index in [0.29, 0.717) is 5.95 Å². The van der Waals surface area contributed by atoms with Gasteiger partial charge in [-0.15, -0.1) is 10.2 Å². The van der Waals surface area contributed by atoms with E-state index in [4.69, 9.17) is 5.73 Å². The average molecular weight is 252 g/mol. The molecule has 0 fully saturated rings. The number of H-pyrrole nitrogens is 1. The Bertz CT molecular complexity index is 296. The Balaban J connectivity index is 1.81. The zero-order chi connectivity index (χ0) is 13.1. The highest BCUT2D eigenvalue weighted by molar-refractivity contribution is 5.12. The van der Waals surface area contributed by atoms with Crippen LogP contribution in [0.15, 0.2) is 0 Å². The van der Waals surface area contributed by atoms with Gasteiger partial charge in [-0.1, -0.05) is 64.7 Å². The van der Waals surface area contributed by atoms with Gasteiger partial charge in [0.2, 0.25) is 5.95 Å². The summed E-state index contributed by atoms with van der Waals surface area (Å²) in [7, 11) is 0. The summed E-state index contributed by atoms with van der Waals surface area (Å²) in [5, 5.41) is 7.71. The van der Waals surface area contributed by atoms with Crippen LogP contribution in [0, 0.1) is 0 Å². The molecule has 0 saturated heterocycles. The molecule has 0 atom stereocenters. The van der Waals surface area contributed by atoms with Crippen LogP contribution in [-0.4, -0.2) is 15.2 Å². The highest BCUT2D eigenvalue weighted by Gasteiger charge is 1.99. The van der Waals surface area contributed by atoms with Crippen LogP contribution in [0.25, 0.3) is 0 Å². The maximum absolute atomic E-state index is 5.47. The van der Waals surface area contributed by atoms with Crippen molar-refractivity contribution < 1.29 is 0 Å². The van der Waals surface area contributed by atoms with E-state index in [1.54, 1.807) is 0 Å². The zero-order valence-electron chi connectivity index (χ0n) is 11.7. The Hall–Kier alpha value is -1.06. The molecule has 1 rings (SSSR count). The van der Waals surface area contributed by atoms with Crippen molar-refractivity contribution in [1.29, 1.82) is 0 Å². The number of anilines is 1. The minimum Gasteiger partial charge on any atom is -0.368 e. The normalized spacial score (nSPS) is 10.9. The van der Waals surface area contributed by atoms with Crippen LogP contribution in [0.3, 0.4) is 0 Å². The van der Waals surface area contributed by atoms with Crippen molar-refractivity contribution in [3.63, 3.8) is 0 Å². The minimum atomic E-state index is 0.428. The van der Waals surface area contributed by atoms with E-state index >= 15 is 0 Å². The number of nitrogens with two attached hydrogens (primary N) is 1. The summed E-state index contributed by atoms with van der Waals surface area (Å²) >= 11 is 0. The fourth-order valence-electron chi connectivity index (χ4n) is 2.20. The molecule has 104 valence electrons. The van der Waals surface area contributed by atoms with Crippen molar-refractivity contribution in [2.24, 2.45) is 0 Å². The smallest absolute Gasteiger partial charge is 0.219 e. The number of hydrogen-bond acceptors (Lipinski definition) is 3. The van der Waals surface area contributed by atoms with Crippen LogP contribution < -0.4 is 5.73 Å². The summed E-state index contributed by atoms with van der Waals surface area (Å²) < 4.78 is 0. The van der Waals surface area contributed by atoms with Crippen molar-refractivity contribution >= 4 is 5.95 Å². The van der Waals surface area contributed by atoms with Crippen molar-refractivity contribution in [2.45, 2.75) is 77.6 Å². The molecule has 1 heterocycles. The molecule has 0 bridgehead atoms. The third-order valence-electron chi connectivity index (χ3n) is 3.32. The lowest BCUT2D eigenvalue weighted by Crippen LogP contribution is -1.90. The summed E-state index contributed by atoms with van der Waals surface area (Å²) in [5.74, 6) is 1.35. The second-order valence-electron chi connectivity index (χ2n) is 5.09. The SMILES string of the molecule is CCCCCCCCCCCCc1nnc(N)[nH]1. The molecule has 0 unspecified atom stereocenters. The largest absolute Gasteiger partial charge is 0.368 e. The molecule has 0 saturated carbocycles. The van der Waals surface area contributed by atoms with Gasteiger partial charge in [0, 0.05) is 6.42 Å². The molecule has 0 spiro atoms. The first-order valence-electron chi connectivity index (χ1n) is 7.50. The van der Waals surface area contributed by atoms with Gasteiger partial charge >= 0.3 is 0 Å². The van der Waals surface area contributed by atoms with Gasteiger partial charge in [0.25, 0.3) is 0 Å². The van der Waals surface area contributed by atoms with E-state index in [1.807, 2.05) is 0 Å². The number of unbranched alkanes of at least 4 members (excludes halogenated alkanes) is 9. The van der Waals surface area contributed by atoms with Gasteiger partial charge in [-0.2, -0.15) is 0 Å². The molecule has 0 aliphatic heterocycles. The maximum atomic E-state index is 5.47. The topological polar surface area (TPSA) is 67.6 Å². The van der Waals surface area contributed by atoms with E-state index in [9.17, 15) is 0 Å². The van der Waals surface area contributed by atoms with Crippen LogP contribution >= 0.6 is 0 Å². The summed E-state index contributed by atoms with van der Waals surface area (Å²) in [6.45, 7) is 2.27. The second-order valence-corrected chi connectivity index (χ2v) is 5.09. The molecular weight excluding hydrogens is 224 g/mol. The van der Waals surface area contributed by atoms with Gasteiger partial charge in [-0.3, -0.25) is 0 Å². The van der Waals surface area contributed by atoms with Gasteiger partial charge in [0.05, 0.1) is 0 Å². The summed E-state index contributed by atoms with van der Waals surface area (Å²) in [5.41, 5.74) is 5.47. The molecule has 1 aromatic rings. The Morgan fingerprint density at radius 3 is 1.89 bits per heavy atom. The number of nitrogens with one attached hydrogen (secondary N) is 1. The quantitative estimate of drug-likeness (QED) is 0.588. The van der Waals surface area contributed by atoms with Crippen LogP contribution in [0.4, 0.5) is 5.95 Å². The summed E-state index contributed by atoms with van der Waals surface area (Å²) in [4.78, 5) is 2.96. The first-order valence-corrected chi connectivity index (χ1v) is 7.50. The molecule has 0 radical (unpaired) electrons. The number of rotatable bonds is 11. The van der Waals surface area contributed by atoms with Crippen LogP contribution in [-0.2, 0) is 6.42 Å². The number of hydrogen-bond donors (Lipinski definition) is 2. The molecule has 3 N–H and O–H groups in total. The van der Waals surface area contributed by atoms with Crippen LogP contribution in [0.2, 0.25) is 0 Å². The van der Waals surface area contributed by atoms with Crippen molar-refractivity contribution in [1.82, 2.24) is 15.2 Å².